The van der Waals surface area contributed by atoms with Crippen LogP contribution in [0.15, 0.2) is 24.3 Å². The lowest BCUT2D eigenvalue weighted by atomic mass is 10.2. The fourth-order valence-electron chi connectivity index (χ4n) is 1.13. The van der Waals surface area contributed by atoms with E-state index in [1.54, 1.807) is 6.92 Å². The first-order valence-corrected chi connectivity index (χ1v) is 4.98. The second kappa shape index (κ2) is 5.67. The van der Waals surface area contributed by atoms with E-state index in [9.17, 15) is 18.0 Å². The van der Waals surface area contributed by atoms with Gasteiger partial charge in [0.05, 0.1) is 5.56 Å². The minimum Gasteiger partial charge on any atom is -0.372 e. The Labute approximate surface area is 96.6 Å². The minimum atomic E-state index is -4.37. The fraction of sp³-hybridized carbons (Fsp3) is 0.364. The standard InChI is InChI=1S/C11H12F3NO2/c1-2-17-7-10(16)15-9-5-3-8(4-6-9)11(12,13)14/h3-6H,2,7H2,1H3,(H,15,16). The molecule has 1 aromatic carbocycles. The van der Waals surface area contributed by atoms with Crippen molar-refractivity contribution in [2.75, 3.05) is 18.5 Å². The molecule has 0 bridgehead atoms. The molecular weight excluding hydrogens is 235 g/mol. The van der Waals surface area contributed by atoms with Gasteiger partial charge in [-0.3, -0.25) is 4.79 Å². The Balaban J connectivity index is 2.60. The molecule has 0 unspecified atom stereocenters. The van der Waals surface area contributed by atoms with Crippen LogP contribution in [0.4, 0.5) is 18.9 Å². The molecule has 0 aliphatic carbocycles. The SMILES string of the molecule is CCOCC(=O)Nc1ccc(C(F)(F)F)cc1. The maximum atomic E-state index is 12.2. The molecule has 0 aromatic heterocycles. The quantitative estimate of drug-likeness (QED) is 0.888. The smallest absolute Gasteiger partial charge is 0.372 e. The van der Waals surface area contributed by atoms with Gasteiger partial charge in [0.25, 0.3) is 0 Å². The van der Waals surface area contributed by atoms with Crippen molar-refractivity contribution in [1.82, 2.24) is 0 Å². The lowest BCUT2D eigenvalue weighted by Gasteiger charge is -2.08. The van der Waals surface area contributed by atoms with Crippen molar-refractivity contribution in [1.29, 1.82) is 0 Å². The molecule has 6 heteroatoms. The number of hydrogen-bond donors (Lipinski definition) is 1. The summed E-state index contributed by atoms with van der Waals surface area (Å²) in [4.78, 5) is 11.2. The predicted molar refractivity (Wildman–Crippen MR) is 56.6 cm³/mol. The Kier molecular flexibility index (Phi) is 4.51. The highest BCUT2D eigenvalue weighted by Gasteiger charge is 2.29. The number of hydrogen-bond acceptors (Lipinski definition) is 2. The van der Waals surface area contributed by atoms with Gasteiger partial charge in [-0.2, -0.15) is 13.2 Å². The average Bonchev–Trinajstić information content (AvgIpc) is 2.26. The van der Waals surface area contributed by atoms with Gasteiger partial charge in [0, 0.05) is 12.3 Å². The summed E-state index contributed by atoms with van der Waals surface area (Å²) in [6.45, 7) is 2.03. The molecule has 0 saturated carbocycles. The van der Waals surface area contributed by atoms with Crippen molar-refractivity contribution < 1.29 is 22.7 Å². The van der Waals surface area contributed by atoms with Crippen molar-refractivity contribution in [3.05, 3.63) is 29.8 Å². The van der Waals surface area contributed by atoms with Gasteiger partial charge in [0.1, 0.15) is 6.61 Å². The second-order valence-corrected chi connectivity index (χ2v) is 3.26. The van der Waals surface area contributed by atoms with Crippen molar-refractivity contribution >= 4 is 11.6 Å². The number of rotatable bonds is 4. The minimum absolute atomic E-state index is 0.114. The van der Waals surface area contributed by atoms with Crippen LogP contribution < -0.4 is 5.32 Å². The Hall–Kier alpha value is -1.56. The van der Waals surface area contributed by atoms with Gasteiger partial charge < -0.3 is 10.1 Å². The van der Waals surface area contributed by atoms with Crippen LogP contribution in [0.1, 0.15) is 12.5 Å². The molecule has 1 aromatic rings. The lowest BCUT2D eigenvalue weighted by molar-refractivity contribution is -0.137. The monoisotopic (exact) mass is 247 g/mol. The molecule has 0 radical (unpaired) electrons. The highest BCUT2D eigenvalue weighted by atomic mass is 19.4. The van der Waals surface area contributed by atoms with Gasteiger partial charge in [-0.15, -0.1) is 0 Å². The van der Waals surface area contributed by atoms with E-state index in [4.69, 9.17) is 4.74 Å². The third kappa shape index (κ3) is 4.44. The number of anilines is 1. The van der Waals surface area contributed by atoms with Crippen LogP contribution in [0.3, 0.4) is 0 Å². The third-order valence-corrected chi connectivity index (χ3v) is 1.93. The molecule has 0 saturated heterocycles. The zero-order valence-corrected chi connectivity index (χ0v) is 9.17. The van der Waals surface area contributed by atoms with Crippen LogP contribution in [0.5, 0.6) is 0 Å². The molecule has 3 nitrogen and oxygen atoms in total. The number of alkyl halides is 3. The molecule has 1 N–H and O–H groups in total. The molecule has 0 atom stereocenters. The largest absolute Gasteiger partial charge is 0.416 e. The Bertz CT molecular complexity index is 373. The Morgan fingerprint density at radius 1 is 1.29 bits per heavy atom. The van der Waals surface area contributed by atoms with E-state index in [1.807, 2.05) is 0 Å². The normalized spacial score (nSPS) is 11.3. The summed E-state index contributed by atoms with van der Waals surface area (Å²) in [5.74, 6) is -0.397. The first-order valence-electron chi connectivity index (χ1n) is 4.98. The van der Waals surface area contributed by atoms with Crippen LogP contribution in [0, 0.1) is 0 Å². The van der Waals surface area contributed by atoms with Crippen molar-refractivity contribution in [2.45, 2.75) is 13.1 Å². The Morgan fingerprint density at radius 2 is 1.88 bits per heavy atom. The zero-order chi connectivity index (χ0) is 12.9. The third-order valence-electron chi connectivity index (χ3n) is 1.93. The summed E-state index contributed by atoms with van der Waals surface area (Å²) in [5.41, 5.74) is -0.442. The molecular formula is C11H12F3NO2. The molecule has 1 rings (SSSR count). The molecule has 0 spiro atoms. The van der Waals surface area contributed by atoms with E-state index in [2.05, 4.69) is 5.32 Å². The summed E-state index contributed by atoms with van der Waals surface area (Å²) < 4.78 is 41.6. The summed E-state index contributed by atoms with van der Waals surface area (Å²) in [6, 6.07) is 4.23. The van der Waals surface area contributed by atoms with E-state index < -0.39 is 17.6 Å². The van der Waals surface area contributed by atoms with E-state index in [0.717, 1.165) is 12.1 Å². The van der Waals surface area contributed by atoms with Crippen molar-refractivity contribution in [2.24, 2.45) is 0 Å². The highest BCUT2D eigenvalue weighted by Crippen LogP contribution is 2.29. The lowest BCUT2D eigenvalue weighted by Crippen LogP contribution is -2.18. The maximum absolute atomic E-state index is 12.2. The number of halogens is 3. The van der Waals surface area contributed by atoms with Crippen LogP contribution in [0.2, 0.25) is 0 Å². The summed E-state index contributed by atoms with van der Waals surface area (Å²) in [5, 5.41) is 2.42. The fourth-order valence-corrected chi connectivity index (χ4v) is 1.13. The van der Waals surface area contributed by atoms with Crippen LogP contribution >= 0.6 is 0 Å². The molecule has 0 aliphatic rings. The topological polar surface area (TPSA) is 38.3 Å². The highest BCUT2D eigenvalue weighted by molar-refractivity contribution is 5.91. The van der Waals surface area contributed by atoms with Gasteiger partial charge in [-0.1, -0.05) is 0 Å². The first kappa shape index (κ1) is 13.5. The van der Waals surface area contributed by atoms with E-state index >= 15 is 0 Å². The van der Waals surface area contributed by atoms with Crippen molar-refractivity contribution in [3.8, 4) is 0 Å². The summed E-state index contributed by atoms with van der Waals surface area (Å²) in [7, 11) is 0. The van der Waals surface area contributed by atoms with Gasteiger partial charge in [0.2, 0.25) is 5.91 Å². The van der Waals surface area contributed by atoms with E-state index in [1.165, 1.54) is 12.1 Å². The summed E-state index contributed by atoms with van der Waals surface area (Å²) >= 11 is 0. The van der Waals surface area contributed by atoms with Crippen molar-refractivity contribution in [3.63, 3.8) is 0 Å². The number of carbonyl (C=O) groups excluding carboxylic acids is 1. The number of carbonyl (C=O) groups is 1. The molecule has 17 heavy (non-hydrogen) atoms. The maximum Gasteiger partial charge on any atom is 0.416 e. The number of nitrogens with one attached hydrogen (secondary N) is 1. The predicted octanol–water partition coefficient (Wildman–Crippen LogP) is 2.68. The first-order chi connectivity index (χ1) is 7.93. The van der Waals surface area contributed by atoms with E-state index in [-0.39, 0.29) is 6.61 Å². The second-order valence-electron chi connectivity index (χ2n) is 3.26. The number of amides is 1. The van der Waals surface area contributed by atoms with Gasteiger partial charge in [-0.05, 0) is 31.2 Å². The molecule has 0 aliphatic heterocycles. The van der Waals surface area contributed by atoms with Crippen LogP contribution in [-0.4, -0.2) is 19.1 Å². The van der Waals surface area contributed by atoms with E-state index in [0.29, 0.717) is 12.3 Å². The Morgan fingerprint density at radius 3 is 2.35 bits per heavy atom. The number of benzene rings is 1. The average molecular weight is 247 g/mol. The molecule has 94 valence electrons. The molecule has 0 heterocycles. The van der Waals surface area contributed by atoms with Gasteiger partial charge >= 0.3 is 6.18 Å². The molecule has 0 fully saturated rings. The summed E-state index contributed by atoms with van der Waals surface area (Å²) in [6.07, 6.45) is -4.37. The van der Waals surface area contributed by atoms with Crippen LogP contribution in [-0.2, 0) is 15.7 Å². The number of ether oxygens (including phenoxy) is 1. The van der Waals surface area contributed by atoms with Gasteiger partial charge in [0.15, 0.2) is 0 Å². The zero-order valence-electron chi connectivity index (χ0n) is 9.17. The molecule has 1 amide bonds. The van der Waals surface area contributed by atoms with Gasteiger partial charge in [-0.25, -0.2) is 0 Å². The van der Waals surface area contributed by atoms with Crippen LogP contribution in [0.25, 0.3) is 0 Å².